The van der Waals surface area contributed by atoms with Gasteiger partial charge in [-0.3, -0.25) is 4.79 Å². The quantitative estimate of drug-likeness (QED) is 0.252. The first-order valence-corrected chi connectivity index (χ1v) is 12.3. The highest BCUT2D eigenvalue weighted by Gasteiger charge is 2.29. The van der Waals surface area contributed by atoms with Gasteiger partial charge in [0.05, 0.1) is 5.69 Å². The van der Waals surface area contributed by atoms with E-state index in [-0.39, 0.29) is 5.56 Å². The molecule has 0 radical (unpaired) electrons. The second kappa shape index (κ2) is 11.0. The topological polar surface area (TPSA) is 73.2 Å². The van der Waals surface area contributed by atoms with Gasteiger partial charge in [-0.05, 0) is 43.2 Å². The van der Waals surface area contributed by atoms with Gasteiger partial charge >= 0.3 is 5.97 Å². The van der Waals surface area contributed by atoms with Crippen molar-refractivity contribution in [3.63, 3.8) is 0 Å². The van der Waals surface area contributed by atoms with Crippen LogP contribution in [0.3, 0.4) is 0 Å². The second-order valence-electron chi connectivity index (χ2n) is 9.04. The third kappa shape index (κ3) is 5.39. The van der Waals surface area contributed by atoms with E-state index in [9.17, 15) is 9.59 Å². The summed E-state index contributed by atoms with van der Waals surface area (Å²) in [5, 5.41) is 7.65. The Hall–Kier alpha value is -4.97. The molecule has 0 spiro atoms. The van der Waals surface area contributed by atoms with Gasteiger partial charge in [-0.2, -0.15) is 5.10 Å². The Bertz CT molecular complexity index is 1560. The number of nitrogens with one attached hydrogen (secondary N) is 1. The molecule has 5 rings (SSSR count). The van der Waals surface area contributed by atoms with Crippen molar-refractivity contribution in [2.45, 2.75) is 20.0 Å². The van der Waals surface area contributed by atoms with Crippen molar-refractivity contribution in [1.82, 2.24) is 9.78 Å². The lowest BCUT2D eigenvalue weighted by atomic mass is 10.1. The monoisotopic (exact) mass is 501 g/mol. The fourth-order valence-corrected chi connectivity index (χ4v) is 4.19. The molecule has 1 atom stereocenters. The van der Waals surface area contributed by atoms with Crippen molar-refractivity contribution in [2.24, 2.45) is 0 Å². The maximum absolute atomic E-state index is 13.7. The smallest absolute Gasteiger partial charge is 0.343 e. The summed E-state index contributed by atoms with van der Waals surface area (Å²) < 4.78 is 7.58. The lowest BCUT2D eigenvalue weighted by Crippen LogP contribution is -2.26. The Labute approximate surface area is 221 Å². The molecular formula is C32H27N3O3. The van der Waals surface area contributed by atoms with Gasteiger partial charge in [0.25, 0.3) is 5.91 Å². The zero-order valence-electron chi connectivity index (χ0n) is 21.2. The van der Waals surface area contributed by atoms with Gasteiger partial charge in [-0.1, -0.05) is 91.0 Å². The minimum atomic E-state index is -1.16. The predicted molar refractivity (Wildman–Crippen MR) is 148 cm³/mol. The number of rotatable bonds is 7. The highest BCUT2D eigenvalue weighted by molar-refractivity contribution is 6.00. The highest BCUT2D eigenvalue weighted by Crippen LogP contribution is 2.28. The van der Waals surface area contributed by atoms with Crippen LogP contribution in [-0.4, -0.2) is 21.7 Å². The van der Waals surface area contributed by atoms with E-state index in [4.69, 9.17) is 9.84 Å². The molecule has 1 aromatic heterocycles. The summed E-state index contributed by atoms with van der Waals surface area (Å²) in [6.07, 6.45) is 0.484. The first-order valence-electron chi connectivity index (χ1n) is 12.3. The summed E-state index contributed by atoms with van der Waals surface area (Å²) in [5.41, 5.74) is 5.48. The first kappa shape index (κ1) is 24.7. The number of amides is 1. The number of carbonyl (C=O) groups is 2. The van der Waals surface area contributed by atoms with Gasteiger partial charge in [0, 0.05) is 23.0 Å². The number of anilines is 1. The SMILES string of the molecule is Cc1ccc(C)c(NC(=O)[C@@H](OC(=O)c2cn(-c3ccccc3)nc2-c2ccccc2)c2ccccc2)c1. The Morgan fingerprint density at radius 1 is 0.816 bits per heavy atom. The molecule has 0 fully saturated rings. The Morgan fingerprint density at radius 2 is 1.45 bits per heavy atom. The first-order chi connectivity index (χ1) is 18.5. The largest absolute Gasteiger partial charge is 0.444 e. The zero-order chi connectivity index (χ0) is 26.5. The van der Waals surface area contributed by atoms with Crippen LogP contribution in [0.15, 0.2) is 115 Å². The molecule has 0 saturated carbocycles. The van der Waals surface area contributed by atoms with Crippen LogP contribution in [0.25, 0.3) is 16.9 Å². The lowest BCUT2D eigenvalue weighted by molar-refractivity contribution is -0.125. The van der Waals surface area contributed by atoms with Gasteiger partial charge in [0.2, 0.25) is 6.10 Å². The summed E-state index contributed by atoms with van der Waals surface area (Å²) >= 11 is 0. The number of aromatic nitrogens is 2. The maximum atomic E-state index is 13.7. The van der Waals surface area contributed by atoms with Crippen LogP contribution in [0.4, 0.5) is 5.69 Å². The van der Waals surface area contributed by atoms with Crippen LogP contribution in [0, 0.1) is 13.8 Å². The molecule has 0 aliphatic rings. The summed E-state index contributed by atoms with van der Waals surface area (Å²) in [5.74, 6) is -1.08. The molecule has 38 heavy (non-hydrogen) atoms. The number of hydrogen-bond acceptors (Lipinski definition) is 4. The minimum absolute atomic E-state index is 0.264. The van der Waals surface area contributed by atoms with Crippen molar-refractivity contribution in [1.29, 1.82) is 0 Å². The van der Waals surface area contributed by atoms with Crippen LogP contribution < -0.4 is 5.32 Å². The van der Waals surface area contributed by atoms with Crippen LogP contribution >= 0.6 is 0 Å². The Kier molecular flexibility index (Phi) is 7.13. The van der Waals surface area contributed by atoms with E-state index < -0.39 is 18.0 Å². The van der Waals surface area contributed by atoms with Crippen LogP contribution in [0.5, 0.6) is 0 Å². The number of hydrogen-bond donors (Lipinski definition) is 1. The molecule has 1 N–H and O–H groups in total. The normalized spacial score (nSPS) is 11.5. The number of para-hydroxylation sites is 1. The Morgan fingerprint density at radius 3 is 2.13 bits per heavy atom. The molecule has 5 aromatic rings. The molecule has 6 nitrogen and oxygen atoms in total. The number of carbonyl (C=O) groups excluding carboxylic acids is 2. The summed E-state index contributed by atoms with van der Waals surface area (Å²) in [4.78, 5) is 27.2. The molecule has 188 valence electrons. The van der Waals surface area contributed by atoms with Crippen molar-refractivity contribution in [3.8, 4) is 16.9 Å². The van der Waals surface area contributed by atoms with E-state index >= 15 is 0 Å². The number of nitrogens with zero attached hydrogens (tertiary/aromatic N) is 2. The average Bonchev–Trinajstić information content (AvgIpc) is 3.41. The van der Waals surface area contributed by atoms with Crippen LogP contribution in [0.2, 0.25) is 0 Å². The maximum Gasteiger partial charge on any atom is 0.343 e. The van der Waals surface area contributed by atoms with E-state index in [1.807, 2.05) is 111 Å². The Balaban J connectivity index is 1.51. The molecule has 0 aliphatic heterocycles. The van der Waals surface area contributed by atoms with Gasteiger partial charge in [-0.25, -0.2) is 9.48 Å². The summed E-state index contributed by atoms with van der Waals surface area (Å²) in [7, 11) is 0. The second-order valence-corrected chi connectivity index (χ2v) is 9.04. The number of esters is 1. The third-order valence-corrected chi connectivity index (χ3v) is 6.22. The van der Waals surface area contributed by atoms with E-state index in [0.29, 0.717) is 16.9 Å². The molecule has 4 aromatic carbocycles. The molecule has 0 aliphatic carbocycles. The fourth-order valence-electron chi connectivity index (χ4n) is 4.19. The number of ether oxygens (including phenoxy) is 1. The van der Waals surface area contributed by atoms with E-state index in [0.717, 1.165) is 22.4 Å². The summed E-state index contributed by atoms with van der Waals surface area (Å²) in [6, 6.07) is 33.8. The van der Waals surface area contributed by atoms with E-state index in [1.54, 1.807) is 23.0 Å². The molecular weight excluding hydrogens is 474 g/mol. The molecule has 0 bridgehead atoms. The third-order valence-electron chi connectivity index (χ3n) is 6.22. The predicted octanol–water partition coefficient (Wildman–Crippen LogP) is 6.69. The standard InChI is InChI=1S/C32H27N3O3/c1-22-18-19-23(2)28(20-22)33-31(36)30(25-14-8-4-9-15-25)38-32(37)27-21-35(26-16-10-5-11-17-26)34-29(27)24-12-6-3-7-13-24/h3-21,30H,1-2H3,(H,33,36)/t30-/m0/s1. The lowest BCUT2D eigenvalue weighted by Gasteiger charge is -2.19. The molecule has 0 unspecified atom stereocenters. The van der Waals surface area contributed by atoms with Crippen molar-refractivity contribution in [3.05, 3.63) is 138 Å². The van der Waals surface area contributed by atoms with Crippen molar-refractivity contribution < 1.29 is 14.3 Å². The van der Waals surface area contributed by atoms with Gasteiger partial charge < -0.3 is 10.1 Å². The molecule has 6 heteroatoms. The minimum Gasteiger partial charge on any atom is -0.444 e. The van der Waals surface area contributed by atoms with Crippen molar-refractivity contribution >= 4 is 17.6 Å². The fraction of sp³-hybridized carbons (Fsp3) is 0.0938. The van der Waals surface area contributed by atoms with Crippen molar-refractivity contribution in [2.75, 3.05) is 5.32 Å². The van der Waals surface area contributed by atoms with E-state index in [2.05, 4.69) is 5.32 Å². The van der Waals surface area contributed by atoms with Crippen LogP contribution in [0.1, 0.15) is 33.2 Å². The average molecular weight is 502 g/mol. The molecule has 0 saturated heterocycles. The van der Waals surface area contributed by atoms with Gasteiger partial charge in [0.1, 0.15) is 11.3 Å². The number of aryl methyl sites for hydroxylation is 2. The molecule has 1 amide bonds. The van der Waals surface area contributed by atoms with Crippen LogP contribution in [-0.2, 0) is 9.53 Å². The van der Waals surface area contributed by atoms with E-state index in [1.165, 1.54) is 0 Å². The van der Waals surface area contributed by atoms with Gasteiger partial charge in [0.15, 0.2) is 0 Å². The highest BCUT2D eigenvalue weighted by atomic mass is 16.5. The zero-order valence-corrected chi connectivity index (χ0v) is 21.2. The number of benzene rings is 4. The summed E-state index contributed by atoms with van der Waals surface area (Å²) in [6.45, 7) is 3.88. The molecule has 1 heterocycles. The van der Waals surface area contributed by atoms with Gasteiger partial charge in [-0.15, -0.1) is 0 Å².